The second-order valence-electron chi connectivity index (χ2n) is 4.01. The zero-order valence-electron chi connectivity index (χ0n) is 9.98. The van der Waals surface area contributed by atoms with Gasteiger partial charge in [0.25, 0.3) is 0 Å². The number of anilines is 1. The molecule has 0 aliphatic carbocycles. The standard InChI is InChI=1S/C12H14N2O3/c1-7(2)12(15)13-11-10-8(16-3)5-4-6-9(10)17-14-11/h4-7H,1-3H3,(H,13,14,15). The fourth-order valence-electron chi connectivity index (χ4n) is 1.48. The molecule has 0 aliphatic rings. The molecule has 90 valence electrons. The zero-order chi connectivity index (χ0) is 12.4. The van der Waals surface area contributed by atoms with Gasteiger partial charge in [-0.05, 0) is 12.1 Å². The SMILES string of the molecule is COc1cccc2onc(NC(=O)C(C)C)c12. The number of nitrogens with zero attached hydrogens (tertiary/aromatic N) is 1. The van der Waals surface area contributed by atoms with Crippen LogP contribution in [-0.4, -0.2) is 18.2 Å². The van der Waals surface area contributed by atoms with E-state index in [1.54, 1.807) is 25.3 Å². The van der Waals surface area contributed by atoms with Crippen LogP contribution in [0.1, 0.15) is 13.8 Å². The number of benzene rings is 1. The maximum atomic E-state index is 11.6. The predicted molar refractivity (Wildman–Crippen MR) is 64.0 cm³/mol. The molecule has 0 radical (unpaired) electrons. The summed E-state index contributed by atoms with van der Waals surface area (Å²) in [7, 11) is 1.57. The molecule has 2 aromatic rings. The zero-order valence-corrected chi connectivity index (χ0v) is 9.98. The van der Waals surface area contributed by atoms with Crippen LogP contribution < -0.4 is 10.1 Å². The van der Waals surface area contributed by atoms with Crippen molar-refractivity contribution >= 4 is 22.7 Å². The monoisotopic (exact) mass is 234 g/mol. The van der Waals surface area contributed by atoms with E-state index >= 15 is 0 Å². The lowest BCUT2D eigenvalue weighted by molar-refractivity contribution is -0.118. The lowest BCUT2D eigenvalue weighted by atomic mass is 10.2. The van der Waals surface area contributed by atoms with Crippen LogP contribution in [0.2, 0.25) is 0 Å². The maximum absolute atomic E-state index is 11.6. The van der Waals surface area contributed by atoms with Crippen molar-refractivity contribution in [3.05, 3.63) is 18.2 Å². The van der Waals surface area contributed by atoms with Gasteiger partial charge in [0.1, 0.15) is 11.1 Å². The van der Waals surface area contributed by atoms with Gasteiger partial charge in [-0.15, -0.1) is 0 Å². The van der Waals surface area contributed by atoms with Crippen molar-refractivity contribution in [2.75, 3.05) is 12.4 Å². The van der Waals surface area contributed by atoms with Gasteiger partial charge in [-0.3, -0.25) is 4.79 Å². The summed E-state index contributed by atoms with van der Waals surface area (Å²) in [6.45, 7) is 3.63. The number of hydrogen-bond donors (Lipinski definition) is 1. The van der Waals surface area contributed by atoms with E-state index in [-0.39, 0.29) is 11.8 Å². The average molecular weight is 234 g/mol. The normalized spacial score (nSPS) is 10.8. The van der Waals surface area contributed by atoms with Crippen molar-refractivity contribution < 1.29 is 14.1 Å². The van der Waals surface area contributed by atoms with Gasteiger partial charge < -0.3 is 14.6 Å². The molecule has 5 heteroatoms. The summed E-state index contributed by atoms with van der Waals surface area (Å²) >= 11 is 0. The van der Waals surface area contributed by atoms with Crippen LogP contribution in [-0.2, 0) is 4.79 Å². The molecule has 1 aromatic heterocycles. The molecule has 0 saturated carbocycles. The third-order valence-corrected chi connectivity index (χ3v) is 2.45. The highest BCUT2D eigenvalue weighted by atomic mass is 16.5. The third-order valence-electron chi connectivity index (χ3n) is 2.45. The topological polar surface area (TPSA) is 64.4 Å². The maximum Gasteiger partial charge on any atom is 0.228 e. The molecule has 0 bridgehead atoms. The van der Waals surface area contributed by atoms with E-state index in [9.17, 15) is 4.79 Å². The molecule has 5 nitrogen and oxygen atoms in total. The Morgan fingerprint density at radius 2 is 2.24 bits per heavy atom. The minimum Gasteiger partial charge on any atom is -0.496 e. The molecule has 0 unspecified atom stereocenters. The fourth-order valence-corrected chi connectivity index (χ4v) is 1.48. The number of fused-ring (bicyclic) bond motifs is 1. The molecule has 1 aromatic carbocycles. The van der Waals surface area contributed by atoms with E-state index in [2.05, 4.69) is 10.5 Å². The second-order valence-corrected chi connectivity index (χ2v) is 4.01. The largest absolute Gasteiger partial charge is 0.496 e. The van der Waals surface area contributed by atoms with E-state index in [0.717, 1.165) is 0 Å². The van der Waals surface area contributed by atoms with Crippen LogP contribution >= 0.6 is 0 Å². The average Bonchev–Trinajstić information content (AvgIpc) is 2.72. The number of carbonyl (C=O) groups excluding carboxylic acids is 1. The molecular formula is C12H14N2O3. The van der Waals surface area contributed by atoms with Gasteiger partial charge in [0.2, 0.25) is 5.91 Å². The Hall–Kier alpha value is -2.04. The van der Waals surface area contributed by atoms with Gasteiger partial charge in [0.05, 0.1) is 7.11 Å². The fraction of sp³-hybridized carbons (Fsp3) is 0.333. The molecule has 17 heavy (non-hydrogen) atoms. The summed E-state index contributed by atoms with van der Waals surface area (Å²) in [5.74, 6) is 0.807. The summed E-state index contributed by atoms with van der Waals surface area (Å²) in [6.07, 6.45) is 0. The first-order valence-corrected chi connectivity index (χ1v) is 5.36. The van der Waals surface area contributed by atoms with E-state index in [0.29, 0.717) is 22.5 Å². The number of aromatic nitrogens is 1. The van der Waals surface area contributed by atoms with Crippen LogP contribution in [0.15, 0.2) is 22.7 Å². The molecule has 0 fully saturated rings. The third kappa shape index (κ3) is 2.08. The van der Waals surface area contributed by atoms with Crippen molar-refractivity contribution in [3.8, 4) is 5.75 Å². The van der Waals surface area contributed by atoms with Crippen LogP contribution in [0.5, 0.6) is 5.75 Å². The van der Waals surface area contributed by atoms with Crippen LogP contribution in [0.3, 0.4) is 0 Å². The van der Waals surface area contributed by atoms with E-state index < -0.39 is 0 Å². The lowest BCUT2D eigenvalue weighted by Crippen LogP contribution is -2.18. The van der Waals surface area contributed by atoms with E-state index in [1.165, 1.54) is 0 Å². The van der Waals surface area contributed by atoms with Crippen molar-refractivity contribution in [2.24, 2.45) is 5.92 Å². The summed E-state index contributed by atoms with van der Waals surface area (Å²) < 4.78 is 10.3. The Kier molecular flexibility index (Phi) is 2.99. The van der Waals surface area contributed by atoms with Crippen molar-refractivity contribution in [1.82, 2.24) is 5.16 Å². The first-order valence-electron chi connectivity index (χ1n) is 5.36. The second kappa shape index (κ2) is 4.45. The first-order chi connectivity index (χ1) is 8.13. The molecule has 0 aliphatic heterocycles. The highest BCUT2D eigenvalue weighted by Crippen LogP contribution is 2.31. The smallest absolute Gasteiger partial charge is 0.228 e. The highest BCUT2D eigenvalue weighted by Gasteiger charge is 2.16. The molecular weight excluding hydrogens is 220 g/mol. The van der Waals surface area contributed by atoms with Crippen LogP contribution in [0.4, 0.5) is 5.82 Å². The Morgan fingerprint density at radius 3 is 2.88 bits per heavy atom. The molecule has 0 spiro atoms. The number of methoxy groups -OCH3 is 1. The number of nitrogens with one attached hydrogen (secondary N) is 1. The minimum atomic E-state index is -0.114. The minimum absolute atomic E-state index is 0.105. The summed E-state index contributed by atoms with van der Waals surface area (Å²) in [5.41, 5.74) is 0.586. The predicted octanol–water partition coefficient (Wildman–Crippen LogP) is 2.43. The molecule has 2 rings (SSSR count). The van der Waals surface area contributed by atoms with E-state index in [4.69, 9.17) is 9.26 Å². The first kappa shape index (κ1) is 11.4. The van der Waals surface area contributed by atoms with Crippen molar-refractivity contribution in [1.29, 1.82) is 0 Å². The Morgan fingerprint density at radius 1 is 1.47 bits per heavy atom. The molecule has 0 saturated heterocycles. The Balaban J connectivity index is 2.44. The summed E-state index contributed by atoms with van der Waals surface area (Å²) in [4.78, 5) is 11.6. The van der Waals surface area contributed by atoms with Crippen LogP contribution in [0, 0.1) is 5.92 Å². The number of ether oxygens (including phenoxy) is 1. The molecule has 0 atom stereocenters. The Labute approximate surface area is 98.7 Å². The van der Waals surface area contributed by atoms with Gasteiger partial charge in [-0.1, -0.05) is 25.1 Å². The number of hydrogen-bond acceptors (Lipinski definition) is 4. The number of carbonyl (C=O) groups is 1. The van der Waals surface area contributed by atoms with E-state index in [1.807, 2.05) is 13.8 Å². The van der Waals surface area contributed by atoms with Crippen molar-refractivity contribution in [3.63, 3.8) is 0 Å². The summed E-state index contributed by atoms with van der Waals surface area (Å²) in [5, 5.41) is 7.24. The highest BCUT2D eigenvalue weighted by molar-refractivity contribution is 6.02. The van der Waals surface area contributed by atoms with Gasteiger partial charge in [-0.2, -0.15) is 0 Å². The van der Waals surface area contributed by atoms with Gasteiger partial charge in [-0.25, -0.2) is 0 Å². The molecule has 1 amide bonds. The van der Waals surface area contributed by atoms with Crippen LogP contribution in [0.25, 0.3) is 11.0 Å². The molecule has 1 N–H and O–H groups in total. The van der Waals surface area contributed by atoms with Gasteiger partial charge in [0, 0.05) is 5.92 Å². The number of amides is 1. The molecule has 1 heterocycles. The summed E-state index contributed by atoms with van der Waals surface area (Å²) in [6, 6.07) is 5.38. The number of rotatable bonds is 3. The lowest BCUT2D eigenvalue weighted by Gasteiger charge is -2.05. The quantitative estimate of drug-likeness (QED) is 0.885. The van der Waals surface area contributed by atoms with Gasteiger partial charge >= 0.3 is 0 Å². The van der Waals surface area contributed by atoms with Crippen molar-refractivity contribution in [2.45, 2.75) is 13.8 Å². The Bertz CT molecular complexity index is 546. The van der Waals surface area contributed by atoms with Gasteiger partial charge in [0.15, 0.2) is 11.4 Å².